The van der Waals surface area contributed by atoms with Gasteiger partial charge in [0.25, 0.3) is 0 Å². The molecule has 3 nitrogen and oxygen atoms in total. The number of aryl methyl sites for hydroxylation is 2. The molecule has 24 heavy (non-hydrogen) atoms. The maximum atomic E-state index is 5.59. The number of piperidine rings is 2. The van der Waals surface area contributed by atoms with Gasteiger partial charge in [0.05, 0.1) is 0 Å². The number of hydrogen-bond acceptors (Lipinski definition) is 2. The van der Waals surface area contributed by atoms with Crippen molar-refractivity contribution in [3.8, 4) is 0 Å². The predicted octanol–water partition coefficient (Wildman–Crippen LogP) is 4.14. The zero-order valence-electron chi connectivity index (χ0n) is 14.8. The summed E-state index contributed by atoms with van der Waals surface area (Å²) in [6, 6.07) is 9.51. The molecular weight excluding hydrogens is 314 g/mol. The Hall–Kier alpha value is -1.13. The summed E-state index contributed by atoms with van der Waals surface area (Å²) in [5, 5.41) is 7.78. The van der Waals surface area contributed by atoms with E-state index in [2.05, 4.69) is 47.6 Å². The molecule has 4 rings (SSSR count). The van der Waals surface area contributed by atoms with Gasteiger partial charge in [0.15, 0.2) is 5.11 Å². The molecule has 0 amide bonds. The first-order valence-electron chi connectivity index (χ1n) is 9.52. The molecule has 0 radical (unpaired) electrons. The van der Waals surface area contributed by atoms with Crippen LogP contribution in [0.4, 0.5) is 5.69 Å². The van der Waals surface area contributed by atoms with Gasteiger partial charge in [-0.05, 0) is 87.8 Å². The highest BCUT2D eigenvalue weighted by atomic mass is 32.1. The van der Waals surface area contributed by atoms with Gasteiger partial charge in [-0.1, -0.05) is 12.5 Å². The summed E-state index contributed by atoms with van der Waals surface area (Å²) < 4.78 is 0. The highest BCUT2D eigenvalue weighted by Gasteiger charge is 2.44. The molecule has 3 fully saturated rings. The van der Waals surface area contributed by atoms with E-state index in [1.54, 1.807) is 0 Å². The van der Waals surface area contributed by atoms with Gasteiger partial charge in [0, 0.05) is 29.9 Å². The SMILES string of the molecule is Cc1cc(C)cc(NC(=S)NC2C[C@H]3CCC[C@H](C2)N3C2CC2)c1. The van der Waals surface area contributed by atoms with Gasteiger partial charge in [0.2, 0.25) is 0 Å². The van der Waals surface area contributed by atoms with E-state index in [0.717, 1.165) is 28.9 Å². The minimum Gasteiger partial charge on any atom is -0.360 e. The Bertz CT molecular complexity index is 591. The number of nitrogens with one attached hydrogen (secondary N) is 2. The third kappa shape index (κ3) is 3.60. The Labute approximate surface area is 151 Å². The maximum absolute atomic E-state index is 5.59. The van der Waals surface area contributed by atoms with Crippen molar-refractivity contribution in [3.63, 3.8) is 0 Å². The summed E-state index contributed by atoms with van der Waals surface area (Å²) in [6.45, 7) is 4.26. The van der Waals surface area contributed by atoms with Crippen LogP contribution < -0.4 is 10.6 Å². The van der Waals surface area contributed by atoms with Crippen LogP contribution in [0.15, 0.2) is 18.2 Å². The second-order valence-electron chi connectivity index (χ2n) is 8.06. The Balaban J connectivity index is 1.36. The number of benzene rings is 1. The van der Waals surface area contributed by atoms with Crippen molar-refractivity contribution in [2.45, 2.75) is 83.0 Å². The smallest absolute Gasteiger partial charge is 0.170 e. The fourth-order valence-electron chi connectivity index (χ4n) is 4.90. The molecule has 2 atom stereocenters. The molecule has 1 aromatic rings. The van der Waals surface area contributed by atoms with Gasteiger partial charge in [-0.25, -0.2) is 0 Å². The van der Waals surface area contributed by atoms with Gasteiger partial charge in [-0.3, -0.25) is 4.90 Å². The van der Waals surface area contributed by atoms with Crippen LogP contribution in [0.25, 0.3) is 0 Å². The third-order valence-corrected chi connectivity index (χ3v) is 6.03. The molecule has 1 aromatic carbocycles. The molecule has 2 saturated heterocycles. The lowest BCUT2D eigenvalue weighted by Crippen LogP contribution is -2.57. The zero-order chi connectivity index (χ0) is 16.7. The lowest BCUT2D eigenvalue weighted by molar-refractivity contribution is 0.0209. The second kappa shape index (κ2) is 6.64. The molecule has 1 saturated carbocycles. The van der Waals surface area contributed by atoms with Crippen LogP contribution in [0, 0.1) is 13.8 Å². The zero-order valence-corrected chi connectivity index (χ0v) is 15.7. The van der Waals surface area contributed by atoms with E-state index in [1.807, 2.05) is 0 Å². The fraction of sp³-hybridized carbons (Fsp3) is 0.650. The van der Waals surface area contributed by atoms with E-state index in [9.17, 15) is 0 Å². The van der Waals surface area contributed by atoms with Gasteiger partial charge >= 0.3 is 0 Å². The average molecular weight is 344 g/mol. The van der Waals surface area contributed by atoms with Gasteiger partial charge in [0.1, 0.15) is 0 Å². The van der Waals surface area contributed by atoms with E-state index in [-0.39, 0.29) is 0 Å². The first-order valence-corrected chi connectivity index (χ1v) is 9.92. The van der Waals surface area contributed by atoms with E-state index >= 15 is 0 Å². The summed E-state index contributed by atoms with van der Waals surface area (Å²) in [4.78, 5) is 2.86. The first kappa shape index (κ1) is 16.3. The highest BCUT2D eigenvalue weighted by Crippen LogP contribution is 2.41. The van der Waals surface area contributed by atoms with Crippen LogP contribution >= 0.6 is 12.2 Å². The molecule has 0 aromatic heterocycles. The number of hydrogen-bond donors (Lipinski definition) is 2. The molecule has 2 aliphatic heterocycles. The van der Waals surface area contributed by atoms with Crippen molar-refractivity contribution in [2.75, 3.05) is 5.32 Å². The third-order valence-electron chi connectivity index (χ3n) is 5.81. The van der Waals surface area contributed by atoms with Gasteiger partial charge < -0.3 is 10.6 Å². The van der Waals surface area contributed by atoms with Gasteiger partial charge in [-0.15, -0.1) is 0 Å². The summed E-state index contributed by atoms with van der Waals surface area (Å²) >= 11 is 5.59. The van der Waals surface area contributed by atoms with Crippen LogP contribution in [-0.2, 0) is 0 Å². The largest absolute Gasteiger partial charge is 0.360 e. The minimum atomic E-state index is 0.529. The van der Waals surface area contributed by atoms with Gasteiger partial charge in [-0.2, -0.15) is 0 Å². The Morgan fingerprint density at radius 3 is 2.17 bits per heavy atom. The number of thiocarbonyl (C=S) groups is 1. The minimum absolute atomic E-state index is 0.529. The fourth-order valence-corrected chi connectivity index (χ4v) is 5.19. The lowest BCUT2D eigenvalue weighted by atomic mass is 9.81. The Morgan fingerprint density at radius 2 is 1.58 bits per heavy atom. The highest BCUT2D eigenvalue weighted by molar-refractivity contribution is 7.80. The van der Waals surface area contributed by atoms with Crippen LogP contribution in [0.2, 0.25) is 0 Å². The topological polar surface area (TPSA) is 27.3 Å². The van der Waals surface area contributed by atoms with Crippen molar-refractivity contribution in [3.05, 3.63) is 29.3 Å². The molecule has 2 heterocycles. The van der Waals surface area contributed by atoms with E-state index < -0.39 is 0 Å². The average Bonchev–Trinajstić information content (AvgIpc) is 3.29. The molecule has 4 heteroatoms. The van der Waals surface area contributed by atoms with Crippen molar-refractivity contribution in [1.82, 2.24) is 10.2 Å². The monoisotopic (exact) mass is 343 g/mol. The summed E-state index contributed by atoms with van der Waals surface area (Å²) in [6.07, 6.45) is 9.53. The molecule has 1 aliphatic carbocycles. The number of nitrogens with zero attached hydrogens (tertiary/aromatic N) is 1. The quantitative estimate of drug-likeness (QED) is 0.807. The normalized spacial score (nSPS) is 30.0. The standard InChI is InChI=1S/C20H29N3S/c1-13-8-14(2)10-15(9-13)21-20(24)22-16-11-18-4-3-5-19(12-16)23(18)17-6-7-17/h8-10,16-19H,3-7,11-12H2,1-2H3,(H2,21,22,24)/t18-,19-/m1/s1. The molecule has 2 N–H and O–H groups in total. The molecule has 130 valence electrons. The Morgan fingerprint density at radius 1 is 0.958 bits per heavy atom. The first-order chi connectivity index (χ1) is 11.6. The lowest BCUT2D eigenvalue weighted by Gasteiger charge is -2.49. The molecule has 0 unspecified atom stereocenters. The number of fused-ring (bicyclic) bond motifs is 2. The predicted molar refractivity (Wildman–Crippen MR) is 105 cm³/mol. The molecular formula is C20H29N3S. The summed E-state index contributed by atoms with van der Waals surface area (Å²) in [5.41, 5.74) is 3.64. The van der Waals surface area contributed by atoms with Crippen molar-refractivity contribution < 1.29 is 0 Å². The Kier molecular flexibility index (Phi) is 4.52. The number of rotatable bonds is 3. The number of anilines is 1. The van der Waals surface area contributed by atoms with Crippen molar-refractivity contribution in [1.29, 1.82) is 0 Å². The second-order valence-corrected chi connectivity index (χ2v) is 8.47. The van der Waals surface area contributed by atoms with E-state index in [0.29, 0.717) is 6.04 Å². The molecule has 0 spiro atoms. The van der Waals surface area contributed by atoms with E-state index in [4.69, 9.17) is 12.2 Å². The van der Waals surface area contributed by atoms with Crippen LogP contribution in [-0.4, -0.2) is 34.2 Å². The van der Waals surface area contributed by atoms with Crippen LogP contribution in [0.1, 0.15) is 56.1 Å². The molecule has 2 bridgehead atoms. The summed E-state index contributed by atoms with van der Waals surface area (Å²) in [5.74, 6) is 0. The summed E-state index contributed by atoms with van der Waals surface area (Å²) in [7, 11) is 0. The van der Waals surface area contributed by atoms with Crippen molar-refractivity contribution in [2.24, 2.45) is 0 Å². The van der Waals surface area contributed by atoms with Crippen LogP contribution in [0.5, 0.6) is 0 Å². The molecule has 3 aliphatic rings. The maximum Gasteiger partial charge on any atom is 0.170 e. The van der Waals surface area contributed by atoms with Crippen molar-refractivity contribution >= 4 is 23.0 Å². The van der Waals surface area contributed by atoms with Crippen LogP contribution in [0.3, 0.4) is 0 Å². The van der Waals surface area contributed by atoms with E-state index in [1.165, 1.54) is 56.1 Å².